The number of nitrogens with one attached hydrogen (secondary N) is 1. The molecule has 0 saturated heterocycles. The zero-order valence-corrected chi connectivity index (χ0v) is 11.7. The molecule has 0 atom stereocenters. The van der Waals surface area contributed by atoms with E-state index in [-0.39, 0.29) is 5.91 Å². The van der Waals surface area contributed by atoms with Crippen LogP contribution in [0.2, 0.25) is 0 Å². The molecule has 0 spiro atoms. The average Bonchev–Trinajstić information content (AvgIpc) is 2.93. The minimum atomic E-state index is 0.0343. The van der Waals surface area contributed by atoms with E-state index in [4.69, 9.17) is 4.74 Å². The summed E-state index contributed by atoms with van der Waals surface area (Å²) in [7, 11) is 0. The highest BCUT2D eigenvalue weighted by Crippen LogP contribution is 2.18. The predicted octanol–water partition coefficient (Wildman–Crippen LogP) is 3.54. The van der Waals surface area contributed by atoms with E-state index in [1.165, 1.54) is 12.8 Å². The summed E-state index contributed by atoms with van der Waals surface area (Å²) in [5, 5.41) is 3.09. The highest BCUT2D eigenvalue weighted by Gasteiger charge is 2.17. The fourth-order valence-corrected chi connectivity index (χ4v) is 2.38. The van der Waals surface area contributed by atoms with Crippen LogP contribution in [0, 0.1) is 0 Å². The third-order valence-electron chi connectivity index (χ3n) is 3.57. The first kappa shape index (κ1) is 13.9. The molecule has 0 aromatic heterocycles. The van der Waals surface area contributed by atoms with Crippen molar-refractivity contribution in [3.05, 3.63) is 29.8 Å². The molecule has 3 heteroatoms. The van der Waals surface area contributed by atoms with Crippen LogP contribution >= 0.6 is 0 Å². The Morgan fingerprint density at radius 1 is 1.26 bits per heavy atom. The Labute approximate surface area is 115 Å². The van der Waals surface area contributed by atoms with Gasteiger partial charge >= 0.3 is 0 Å². The van der Waals surface area contributed by atoms with Gasteiger partial charge in [-0.1, -0.05) is 26.2 Å². The van der Waals surface area contributed by atoms with E-state index in [9.17, 15) is 4.79 Å². The number of benzene rings is 1. The standard InChI is InChI=1S/C16H23NO2/c1-2-3-12-19-15-10-8-13(9-11-15)16(18)17-14-6-4-5-7-14/h8-11,14H,2-7,12H2,1H3,(H,17,18). The molecule has 104 valence electrons. The highest BCUT2D eigenvalue weighted by molar-refractivity contribution is 5.94. The minimum absolute atomic E-state index is 0.0343. The fourth-order valence-electron chi connectivity index (χ4n) is 2.38. The second-order valence-electron chi connectivity index (χ2n) is 5.18. The number of ether oxygens (including phenoxy) is 1. The molecule has 1 aliphatic carbocycles. The summed E-state index contributed by atoms with van der Waals surface area (Å²) < 4.78 is 5.58. The summed E-state index contributed by atoms with van der Waals surface area (Å²) >= 11 is 0. The monoisotopic (exact) mass is 261 g/mol. The summed E-state index contributed by atoms with van der Waals surface area (Å²) in [5.41, 5.74) is 0.717. The Morgan fingerprint density at radius 2 is 1.95 bits per heavy atom. The van der Waals surface area contributed by atoms with Gasteiger partial charge in [0.25, 0.3) is 5.91 Å². The molecule has 1 saturated carbocycles. The van der Waals surface area contributed by atoms with Gasteiger partial charge in [-0.25, -0.2) is 0 Å². The van der Waals surface area contributed by atoms with E-state index in [0.29, 0.717) is 6.04 Å². The number of hydrogen-bond donors (Lipinski definition) is 1. The lowest BCUT2D eigenvalue weighted by Crippen LogP contribution is -2.32. The van der Waals surface area contributed by atoms with Crippen molar-refractivity contribution in [1.82, 2.24) is 5.32 Å². The summed E-state index contributed by atoms with van der Waals surface area (Å²) in [6, 6.07) is 7.79. The zero-order valence-electron chi connectivity index (χ0n) is 11.7. The molecular formula is C16H23NO2. The van der Waals surface area contributed by atoms with Gasteiger partial charge in [0.2, 0.25) is 0 Å². The number of amides is 1. The smallest absolute Gasteiger partial charge is 0.251 e. The molecule has 0 bridgehead atoms. The van der Waals surface area contributed by atoms with Crippen LogP contribution in [-0.4, -0.2) is 18.6 Å². The quantitative estimate of drug-likeness (QED) is 0.795. The van der Waals surface area contributed by atoms with Crippen molar-refractivity contribution in [3.63, 3.8) is 0 Å². The van der Waals surface area contributed by atoms with Crippen LogP contribution < -0.4 is 10.1 Å². The van der Waals surface area contributed by atoms with Crippen LogP contribution in [0.25, 0.3) is 0 Å². The van der Waals surface area contributed by atoms with Crippen LogP contribution in [-0.2, 0) is 0 Å². The molecule has 1 aromatic carbocycles. The van der Waals surface area contributed by atoms with Crippen molar-refractivity contribution in [3.8, 4) is 5.75 Å². The Balaban J connectivity index is 1.84. The van der Waals surface area contributed by atoms with Gasteiger partial charge < -0.3 is 10.1 Å². The molecule has 19 heavy (non-hydrogen) atoms. The predicted molar refractivity (Wildman–Crippen MR) is 76.6 cm³/mol. The summed E-state index contributed by atoms with van der Waals surface area (Å²) in [5.74, 6) is 0.873. The molecule has 1 fully saturated rings. The van der Waals surface area contributed by atoms with E-state index in [1.54, 1.807) is 0 Å². The molecular weight excluding hydrogens is 238 g/mol. The van der Waals surface area contributed by atoms with Crippen LogP contribution in [0.3, 0.4) is 0 Å². The largest absolute Gasteiger partial charge is 0.494 e. The maximum Gasteiger partial charge on any atom is 0.251 e. The van der Waals surface area contributed by atoms with Crippen LogP contribution in [0.5, 0.6) is 5.75 Å². The van der Waals surface area contributed by atoms with Gasteiger partial charge in [0.05, 0.1) is 6.61 Å². The summed E-state index contributed by atoms with van der Waals surface area (Å²) in [4.78, 5) is 12.0. The highest BCUT2D eigenvalue weighted by atomic mass is 16.5. The van der Waals surface area contributed by atoms with Crippen molar-refractivity contribution in [2.75, 3.05) is 6.61 Å². The number of carbonyl (C=O) groups excluding carboxylic acids is 1. The van der Waals surface area contributed by atoms with Gasteiger partial charge in [-0.2, -0.15) is 0 Å². The first-order valence-electron chi connectivity index (χ1n) is 7.33. The molecule has 2 rings (SSSR count). The molecule has 1 N–H and O–H groups in total. The maximum atomic E-state index is 12.0. The number of unbranched alkanes of at least 4 members (excludes halogenated alkanes) is 1. The number of rotatable bonds is 6. The van der Waals surface area contributed by atoms with E-state index in [0.717, 1.165) is 43.6 Å². The minimum Gasteiger partial charge on any atom is -0.494 e. The van der Waals surface area contributed by atoms with Crippen molar-refractivity contribution >= 4 is 5.91 Å². The molecule has 1 aromatic rings. The number of carbonyl (C=O) groups is 1. The normalized spacial score (nSPS) is 15.4. The van der Waals surface area contributed by atoms with Gasteiger partial charge in [-0.05, 0) is 43.5 Å². The molecule has 1 aliphatic rings. The maximum absolute atomic E-state index is 12.0. The second kappa shape index (κ2) is 7.17. The average molecular weight is 261 g/mol. The van der Waals surface area contributed by atoms with Crippen molar-refractivity contribution < 1.29 is 9.53 Å². The van der Waals surface area contributed by atoms with Gasteiger partial charge in [-0.3, -0.25) is 4.79 Å². The molecule has 0 unspecified atom stereocenters. The molecule has 0 heterocycles. The topological polar surface area (TPSA) is 38.3 Å². The Bertz CT molecular complexity index is 394. The van der Waals surface area contributed by atoms with Crippen LogP contribution in [0.15, 0.2) is 24.3 Å². The molecule has 0 aliphatic heterocycles. The van der Waals surface area contributed by atoms with Crippen molar-refractivity contribution in [1.29, 1.82) is 0 Å². The third-order valence-corrected chi connectivity index (χ3v) is 3.57. The summed E-state index contributed by atoms with van der Waals surface area (Å²) in [6.45, 7) is 2.88. The molecule has 1 amide bonds. The Morgan fingerprint density at radius 3 is 2.58 bits per heavy atom. The van der Waals surface area contributed by atoms with E-state index >= 15 is 0 Å². The van der Waals surface area contributed by atoms with Crippen LogP contribution in [0.1, 0.15) is 55.8 Å². The second-order valence-corrected chi connectivity index (χ2v) is 5.18. The van der Waals surface area contributed by atoms with Gasteiger partial charge in [0.15, 0.2) is 0 Å². The van der Waals surface area contributed by atoms with E-state index in [2.05, 4.69) is 12.2 Å². The SMILES string of the molecule is CCCCOc1ccc(C(=O)NC2CCCC2)cc1. The Hall–Kier alpha value is -1.51. The molecule has 0 radical (unpaired) electrons. The lowest BCUT2D eigenvalue weighted by atomic mass is 10.1. The lowest BCUT2D eigenvalue weighted by Gasteiger charge is -2.12. The van der Waals surface area contributed by atoms with E-state index in [1.807, 2.05) is 24.3 Å². The Kier molecular flexibility index (Phi) is 5.25. The number of hydrogen-bond acceptors (Lipinski definition) is 2. The van der Waals surface area contributed by atoms with Crippen LogP contribution in [0.4, 0.5) is 0 Å². The summed E-state index contributed by atoms with van der Waals surface area (Å²) in [6.07, 6.45) is 6.88. The lowest BCUT2D eigenvalue weighted by molar-refractivity contribution is 0.0938. The molecule has 3 nitrogen and oxygen atoms in total. The van der Waals surface area contributed by atoms with Crippen molar-refractivity contribution in [2.45, 2.75) is 51.5 Å². The van der Waals surface area contributed by atoms with E-state index < -0.39 is 0 Å². The fraction of sp³-hybridized carbons (Fsp3) is 0.562. The first-order valence-corrected chi connectivity index (χ1v) is 7.33. The zero-order chi connectivity index (χ0) is 13.5. The van der Waals surface area contributed by atoms with Crippen molar-refractivity contribution in [2.24, 2.45) is 0 Å². The third kappa shape index (κ3) is 4.27. The van der Waals surface area contributed by atoms with Gasteiger partial charge in [0.1, 0.15) is 5.75 Å². The van der Waals surface area contributed by atoms with Gasteiger partial charge in [-0.15, -0.1) is 0 Å². The van der Waals surface area contributed by atoms with Gasteiger partial charge in [0, 0.05) is 11.6 Å². The first-order chi connectivity index (χ1) is 9.29.